The van der Waals surface area contributed by atoms with Gasteiger partial charge < -0.3 is 9.47 Å². The average molecular weight is 306 g/mol. The quantitative estimate of drug-likeness (QED) is 0.690. The fraction of sp³-hybridized carbons (Fsp3) is 0.471. The molecule has 0 bridgehead atoms. The van der Waals surface area contributed by atoms with Crippen LogP contribution in [0.25, 0.3) is 0 Å². The number of hydrogen-bond donors (Lipinski definition) is 0. The molecule has 0 saturated carbocycles. The van der Waals surface area contributed by atoms with E-state index in [1.807, 2.05) is 30.3 Å². The summed E-state index contributed by atoms with van der Waals surface area (Å²) in [6, 6.07) is 9.33. The zero-order valence-corrected chi connectivity index (χ0v) is 13.2. The molecule has 120 valence electrons. The zero-order chi connectivity index (χ0) is 16.5. The van der Waals surface area contributed by atoms with Crippen LogP contribution in [-0.4, -0.2) is 24.8 Å². The highest BCUT2D eigenvalue weighted by atomic mass is 16.5. The molecule has 2 atom stereocenters. The van der Waals surface area contributed by atoms with Crippen molar-refractivity contribution in [2.75, 3.05) is 7.11 Å². The molecule has 0 spiro atoms. The SMILES string of the molecule is COC(=O)[C@H](C)CC(=O)[C@H](C)CC(=O)OCc1ccccc1. The van der Waals surface area contributed by atoms with Crippen LogP contribution >= 0.6 is 0 Å². The summed E-state index contributed by atoms with van der Waals surface area (Å²) in [6.07, 6.45) is 0.0827. The van der Waals surface area contributed by atoms with Crippen LogP contribution in [-0.2, 0) is 30.5 Å². The van der Waals surface area contributed by atoms with Gasteiger partial charge in [0.2, 0.25) is 0 Å². The Labute approximate surface area is 130 Å². The molecule has 5 heteroatoms. The Bertz CT molecular complexity index is 509. The first-order valence-corrected chi connectivity index (χ1v) is 7.24. The molecule has 0 fully saturated rings. The second-order valence-corrected chi connectivity index (χ2v) is 5.35. The Morgan fingerprint density at radius 2 is 1.64 bits per heavy atom. The van der Waals surface area contributed by atoms with Gasteiger partial charge in [-0.2, -0.15) is 0 Å². The molecule has 0 amide bonds. The summed E-state index contributed by atoms with van der Waals surface area (Å²) in [5.74, 6) is -1.96. The molecule has 0 radical (unpaired) electrons. The number of ketones is 1. The number of ether oxygens (including phenoxy) is 2. The maximum Gasteiger partial charge on any atom is 0.308 e. The van der Waals surface area contributed by atoms with Crippen molar-refractivity contribution in [1.29, 1.82) is 0 Å². The predicted molar refractivity (Wildman–Crippen MR) is 80.8 cm³/mol. The third-order valence-electron chi connectivity index (χ3n) is 3.38. The summed E-state index contributed by atoms with van der Waals surface area (Å²) < 4.78 is 9.72. The molecule has 1 rings (SSSR count). The Kier molecular flexibility index (Phi) is 7.29. The standard InChI is InChI=1S/C17H22O5/c1-12(15(18)9-13(2)17(20)21-3)10-16(19)22-11-14-7-5-4-6-8-14/h4-8,12-13H,9-11H2,1-3H3/t12-,13-/m1/s1. The second kappa shape index (κ2) is 8.97. The van der Waals surface area contributed by atoms with Gasteiger partial charge in [-0.15, -0.1) is 0 Å². The number of carbonyl (C=O) groups is 3. The van der Waals surface area contributed by atoms with Crippen molar-refractivity contribution in [2.45, 2.75) is 33.3 Å². The van der Waals surface area contributed by atoms with Gasteiger partial charge in [-0.1, -0.05) is 44.2 Å². The van der Waals surface area contributed by atoms with Gasteiger partial charge >= 0.3 is 11.9 Å². The molecule has 0 aliphatic rings. The van der Waals surface area contributed by atoms with Crippen molar-refractivity contribution in [3.8, 4) is 0 Å². The fourth-order valence-electron chi connectivity index (χ4n) is 1.95. The molecule has 0 N–H and O–H groups in total. The third kappa shape index (κ3) is 6.08. The third-order valence-corrected chi connectivity index (χ3v) is 3.38. The van der Waals surface area contributed by atoms with Crippen LogP contribution in [0.1, 0.15) is 32.3 Å². The van der Waals surface area contributed by atoms with Crippen LogP contribution in [0.3, 0.4) is 0 Å². The molecule has 0 aliphatic carbocycles. The lowest BCUT2D eigenvalue weighted by Crippen LogP contribution is -2.22. The summed E-state index contributed by atoms with van der Waals surface area (Å²) >= 11 is 0. The van der Waals surface area contributed by atoms with Gasteiger partial charge in [-0.05, 0) is 5.56 Å². The van der Waals surface area contributed by atoms with Crippen LogP contribution < -0.4 is 0 Å². The predicted octanol–water partition coefficient (Wildman–Crippen LogP) is 2.52. The Hall–Kier alpha value is -2.17. The van der Waals surface area contributed by atoms with E-state index in [1.165, 1.54) is 7.11 Å². The van der Waals surface area contributed by atoms with E-state index in [-0.39, 0.29) is 25.2 Å². The molecule has 0 heterocycles. The summed E-state index contributed by atoms with van der Waals surface area (Å²) in [5, 5.41) is 0. The van der Waals surface area contributed by atoms with E-state index in [1.54, 1.807) is 13.8 Å². The minimum atomic E-state index is -0.500. The highest BCUT2D eigenvalue weighted by molar-refractivity contribution is 5.88. The Balaban J connectivity index is 2.37. The van der Waals surface area contributed by atoms with Gasteiger partial charge in [0.1, 0.15) is 12.4 Å². The van der Waals surface area contributed by atoms with Gasteiger partial charge in [0.05, 0.1) is 19.4 Å². The summed E-state index contributed by atoms with van der Waals surface area (Å²) in [6.45, 7) is 3.49. The van der Waals surface area contributed by atoms with Crippen LogP contribution in [0.2, 0.25) is 0 Å². The van der Waals surface area contributed by atoms with Crippen molar-refractivity contribution in [3.63, 3.8) is 0 Å². The summed E-state index contributed by atoms with van der Waals surface area (Å²) in [7, 11) is 1.29. The lowest BCUT2D eigenvalue weighted by molar-refractivity contribution is -0.148. The fourth-order valence-corrected chi connectivity index (χ4v) is 1.95. The van der Waals surface area contributed by atoms with Crippen LogP contribution in [0.5, 0.6) is 0 Å². The number of carbonyl (C=O) groups excluding carboxylic acids is 3. The second-order valence-electron chi connectivity index (χ2n) is 5.35. The molecule has 0 saturated heterocycles. The van der Waals surface area contributed by atoms with Gasteiger partial charge in [0, 0.05) is 12.3 Å². The van der Waals surface area contributed by atoms with E-state index < -0.39 is 23.8 Å². The molecule has 0 unspecified atom stereocenters. The maximum absolute atomic E-state index is 12.0. The van der Waals surface area contributed by atoms with E-state index in [0.717, 1.165) is 5.56 Å². The van der Waals surface area contributed by atoms with Crippen LogP contribution in [0.4, 0.5) is 0 Å². The number of Topliss-reactive ketones (excluding diaryl/α,β-unsaturated/α-hetero) is 1. The van der Waals surface area contributed by atoms with Gasteiger partial charge in [-0.25, -0.2) is 0 Å². The number of rotatable bonds is 8. The van der Waals surface area contributed by atoms with E-state index in [4.69, 9.17) is 4.74 Å². The first-order valence-electron chi connectivity index (χ1n) is 7.24. The van der Waals surface area contributed by atoms with Crippen molar-refractivity contribution >= 4 is 17.7 Å². The topological polar surface area (TPSA) is 69.7 Å². The van der Waals surface area contributed by atoms with Crippen molar-refractivity contribution in [3.05, 3.63) is 35.9 Å². The monoisotopic (exact) mass is 306 g/mol. The van der Waals surface area contributed by atoms with Gasteiger partial charge in [-0.3, -0.25) is 14.4 Å². The van der Waals surface area contributed by atoms with Crippen molar-refractivity contribution in [1.82, 2.24) is 0 Å². The van der Waals surface area contributed by atoms with Crippen molar-refractivity contribution in [2.24, 2.45) is 11.8 Å². The number of benzene rings is 1. The molecule has 0 aromatic heterocycles. The largest absolute Gasteiger partial charge is 0.469 e. The molecule has 1 aromatic rings. The van der Waals surface area contributed by atoms with Crippen molar-refractivity contribution < 1.29 is 23.9 Å². The Morgan fingerprint density at radius 3 is 2.23 bits per heavy atom. The lowest BCUT2D eigenvalue weighted by atomic mass is 9.94. The molecule has 1 aromatic carbocycles. The summed E-state index contributed by atoms with van der Waals surface area (Å²) in [5.41, 5.74) is 0.897. The molecular weight excluding hydrogens is 284 g/mol. The van der Waals surface area contributed by atoms with E-state index in [2.05, 4.69) is 4.74 Å². The lowest BCUT2D eigenvalue weighted by Gasteiger charge is -2.13. The Morgan fingerprint density at radius 1 is 1.00 bits per heavy atom. The summed E-state index contributed by atoms with van der Waals surface area (Å²) in [4.78, 5) is 35.0. The highest BCUT2D eigenvalue weighted by Crippen LogP contribution is 2.14. The maximum atomic E-state index is 12.0. The first kappa shape index (κ1) is 17.9. The van der Waals surface area contributed by atoms with E-state index in [0.29, 0.717) is 0 Å². The van der Waals surface area contributed by atoms with E-state index >= 15 is 0 Å². The number of esters is 2. The van der Waals surface area contributed by atoms with Crippen LogP contribution in [0, 0.1) is 11.8 Å². The van der Waals surface area contributed by atoms with E-state index in [9.17, 15) is 14.4 Å². The number of hydrogen-bond acceptors (Lipinski definition) is 5. The zero-order valence-electron chi connectivity index (χ0n) is 13.2. The van der Waals surface area contributed by atoms with Gasteiger partial charge in [0.15, 0.2) is 0 Å². The number of methoxy groups -OCH3 is 1. The minimum Gasteiger partial charge on any atom is -0.469 e. The minimum absolute atomic E-state index is 0.0135. The highest BCUT2D eigenvalue weighted by Gasteiger charge is 2.23. The first-order chi connectivity index (χ1) is 10.4. The average Bonchev–Trinajstić information content (AvgIpc) is 2.52. The molecule has 5 nitrogen and oxygen atoms in total. The molecule has 0 aliphatic heterocycles. The smallest absolute Gasteiger partial charge is 0.308 e. The normalized spacial score (nSPS) is 13.0. The molecular formula is C17H22O5. The van der Waals surface area contributed by atoms with Gasteiger partial charge in [0.25, 0.3) is 0 Å². The van der Waals surface area contributed by atoms with Crippen LogP contribution in [0.15, 0.2) is 30.3 Å². The molecule has 22 heavy (non-hydrogen) atoms.